The molecular weight excluding hydrogens is 552 g/mol. The smallest absolute Gasteiger partial charge is 0.276 e. The summed E-state index contributed by atoms with van der Waals surface area (Å²) in [4.78, 5) is 27.5. The number of hydrogen-bond donors (Lipinski definition) is 1. The molecule has 0 atom stereocenters. The molecule has 1 amide bonds. The number of benzene rings is 2. The molecular formula is C24H23Cl2N4O3Y-. The molecule has 10 heteroatoms. The van der Waals surface area contributed by atoms with E-state index in [1.165, 1.54) is 4.68 Å². The molecule has 0 aliphatic carbocycles. The second-order valence-corrected chi connectivity index (χ2v) is 8.42. The Bertz CT molecular complexity index is 1190. The first-order chi connectivity index (χ1) is 16.0. The van der Waals surface area contributed by atoms with Gasteiger partial charge in [-0.15, -0.1) is 6.42 Å². The van der Waals surface area contributed by atoms with Gasteiger partial charge in [-0.05, 0) is 17.7 Å². The summed E-state index contributed by atoms with van der Waals surface area (Å²) in [5.74, 6) is -0.363. The van der Waals surface area contributed by atoms with Crippen molar-refractivity contribution < 1.29 is 42.2 Å². The van der Waals surface area contributed by atoms with Crippen LogP contribution in [0.5, 0.6) is 0 Å². The number of aromatic nitrogens is 2. The zero-order chi connectivity index (χ0) is 23.4. The monoisotopic (exact) mass is 574 g/mol. The van der Waals surface area contributed by atoms with Crippen molar-refractivity contribution in [1.29, 1.82) is 0 Å². The van der Waals surface area contributed by atoms with Gasteiger partial charge in [0.25, 0.3) is 5.56 Å². The number of morpholine rings is 1. The van der Waals surface area contributed by atoms with Gasteiger partial charge in [0.15, 0.2) is 0 Å². The summed E-state index contributed by atoms with van der Waals surface area (Å²) in [6, 6.07) is 12.6. The number of halogens is 2. The number of rotatable bonds is 6. The molecule has 4 rings (SSSR count). The third-order valence-corrected chi connectivity index (χ3v) is 6.10. The molecule has 175 valence electrons. The molecule has 3 aromatic rings. The van der Waals surface area contributed by atoms with Gasteiger partial charge >= 0.3 is 0 Å². The van der Waals surface area contributed by atoms with E-state index in [0.29, 0.717) is 48.3 Å². The fourth-order valence-electron chi connectivity index (χ4n) is 3.70. The predicted molar refractivity (Wildman–Crippen MR) is 130 cm³/mol. The molecule has 2 aromatic carbocycles. The van der Waals surface area contributed by atoms with E-state index in [9.17, 15) is 9.59 Å². The Morgan fingerprint density at radius 1 is 1.12 bits per heavy atom. The van der Waals surface area contributed by atoms with Gasteiger partial charge in [0.1, 0.15) is 0 Å². The van der Waals surface area contributed by atoms with E-state index >= 15 is 0 Å². The van der Waals surface area contributed by atoms with Gasteiger partial charge in [-0.25, -0.2) is 11.2 Å². The maximum absolute atomic E-state index is 12.9. The van der Waals surface area contributed by atoms with Crippen molar-refractivity contribution in [2.75, 3.05) is 31.2 Å². The Kier molecular flexibility index (Phi) is 9.68. The number of hydrogen-bond acceptors (Lipinski definition) is 5. The van der Waals surface area contributed by atoms with Crippen LogP contribution in [0, 0.1) is 6.54 Å². The van der Waals surface area contributed by atoms with Crippen molar-refractivity contribution in [1.82, 2.24) is 15.1 Å². The summed E-state index contributed by atoms with van der Waals surface area (Å²) in [7, 11) is 1.65. The van der Waals surface area contributed by atoms with Crippen LogP contribution in [0.3, 0.4) is 0 Å². The topological polar surface area (TPSA) is 76.5 Å². The molecule has 34 heavy (non-hydrogen) atoms. The van der Waals surface area contributed by atoms with Gasteiger partial charge in [-0.1, -0.05) is 59.1 Å². The van der Waals surface area contributed by atoms with E-state index in [1.54, 1.807) is 38.0 Å². The van der Waals surface area contributed by atoms with Crippen molar-refractivity contribution in [3.63, 3.8) is 0 Å². The van der Waals surface area contributed by atoms with Gasteiger partial charge in [-0.3, -0.25) is 9.59 Å². The van der Waals surface area contributed by atoms with E-state index < -0.39 is 0 Å². The van der Waals surface area contributed by atoms with E-state index in [1.807, 2.05) is 24.3 Å². The average molecular weight is 575 g/mol. The van der Waals surface area contributed by atoms with Gasteiger partial charge < -0.3 is 15.0 Å². The number of carbonyl (C=O) groups is 1. The largest absolute Gasteiger partial charge is 0.501 e. The number of anilines is 1. The minimum Gasteiger partial charge on any atom is -0.501 e. The molecule has 0 bridgehead atoms. The van der Waals surface area contributed by atoms with Gasteiger partial charge in [-0.2, -0.15) is 5.10 Å². The van der Waals surface area contributed by atoms with Crippen molar-refractivity contribution in [2.24, 2.45) is 7.05 Å². The van der Waals surface area contributed by atoms with Crippen molar-refractivity contribution >= 4 is 34.8 Å². The Balaban J connectivity index is 0.00000324. The van der Waals surface area contributed by atoms with Crippen LogP contribution >= 0.6 is 23.2 Å². The van der Waals surface area contributed by atoms with Crippen LogP contribution in [0.1, 0.15) is 15.9 Å². The van der Waals surface area contributed by atoms with E-state index in [-0.39, 0.29) is 49.7 Å². The standard InChI is InChI=1S/C24H23Cl2N4O3.Y/c1-29-24(32)21(20(15-28-29)30-11-13-33-14-12-30)17-7-5-16(6-8-17)9-10-27-23(31)22-18(25)3-2-4-19(22)26;/h2-8,10,15H,9,11-14H2,1H3,(H,27,31);/q-1;. The third-order valence-electron chi connectivity index (χ3n) is 5.47. The molecule has 1 aliphatic heterocycles. The molecule has 0 spiro atoms. The molecule has 1 saturated heterocycles. The molecule has 2 heterocycles. The normalized spacial score (nSPS) is 13.3. The summed E-state index contributed by atoms with van der Waals surface area (Å²) in [5, 5.41) is 7.54. The second-order valence-electron chi connectivity index (χ2n) is 7.61. The van der Waals surface area contributed by atoms with Crippen LogP contribution in [-0.4, -0.2) is 42.0 Å². The third kappa shape index (κ3) is 6.07. The first-order valence-electron chi connectivity index (χ1n) is 10.5. The molecule has 1 radical (unpaired) electrons. The summed E-state index contributed by atoms with van der Waals surface area (Å²) in [6.45, 7) is 4.32. The number of amides is 1. The molecule has 0 unspecified atom stereocenters. The van der Waals surface area contributed by atoms with E-state index in [0.717, 1.165) is 16.8 Å². The molecule has 7 nitrogen and oxygen atoms in total. The van der Waals surface area contributed by atoms with Gasteiger partial charge in [0, 0.05) is 52.8 Å². The Labute approximate surface area is 233 Å². The zero-order valence-electron chi connectivity index (χ0n) is 18.6. The maximum Gasteiger partial charge on any atom is 0.276 e. The second kappa shape index (κ2) is 12.3. The van der Waals surface area contributed by atoms with Crippen LogP contribution in [0.25, 0.3) is 11.1 Å². The Morgan fingerprint density at radius 2 is 1.76 bits per heavy atom. The van der Waals surface area contributed by atoms with Gasteiger partial charge in [0.05, 0.1) is 46.3 Å². The van der Waals surface area contributed by atoms with Crippen molar-refractivity contribution in [3.05, 3.63) is 86.7 Å². The zero-order valence-corrected chi connectivity index (χ0v) is 23.0. The van der Waals surface area contributed by atoms with E-state index in [2.05, 4.69) is 15.3 Å². The van der Waals surface area contributed by atoms with Crippen LogP contribution in [0.2, 0.25) is 10.0 Å². The molecule has 1 aliphatic rings. The van der Waals surface area contributed by atoms with Crippen LogP contribution in [0.4, 0.5) is 5.69 Å². The molecule has 1 aromatic heterocycles. The maximum atomic E-state index is 12.9. The first kappa shape index (κ1) is 26.8. The predicted octanol–water partition coefficient (Wildman–Crippen LogP) is 3.72. The van der Waals surface area contributed by atoms with Crippen LogP contribution in [-0.2, 0) is 50.9 Å². The Morgan fingerprint density at radius 3 is 2.41 bits per heavy atom. The number of aryl methyl sites for hydroxylation is 1. The van der Waals surface area contributed by atoms with Crippen LogP contribution in [0.15, 0.2) is 53.5 Å². The minimum atomic E-state index is -0.363. The number of ether oxygens (including phenoxy) is 1. The quantitative estimate of drug-likeness (QED) is 0.454. The summed E-state index contributed by atoms with van der Waals surface area (Å²) < 4.78 is 6.78. The molecule has 1 fully saturated rings. The number of nitrogens with one attached hydrogen (secondary N) is 1. The van der Waals surface area contributed by atoms with Crippen molar-refractivity contribution in [2.45, 2.75) is 6.42 Å². The van der Waals surface area contributed by atoms with E-state index in [4.69, 9.17) is 27.9 Å². The molecule has 0 saturated carbocycles. The Hall–Kier alpha value is -1.77. The average Bonchev–Trinajstić information content (AvgIpc) is 2.82. The van der Waals surface area contributed by atoms with Crippen molar-refractivity contribution in [3.8, 4) is 11.1 Å². The summed E-state index contributed by atoms with van der Waals surface area (Å²) >= 11 is 12.2. The molecule has 1 N–H and O–H groups in total. The minimum absolute atomic E-state index is 0. The summed E-state index contributed by atoms with van der Waals surface area (Å²) in [5.41, 5.74) is 3.31. The fourth-order valence-corrected chi connectivity index (χ4v) is 4.27. The van der Waals surface area contributed by atoms with Crippen LogP contribution < -0.4 is 15.8 Å². The SMILES string of the molecule is Cn1ncc(N2CCOCC2)c(-c2ccc(C[CH-]NC(=O)c3c(Cl)cccc3Cl)cc2)c1=O.[Y]. The summed E-state index contributed by atoms with van der Waals surface area (Å²) in [6.07, 6.45) is 2.23. The number of carbonyl (C=O) groups excluding carboxylic acids is 1. The van der Waals surface area contributed by atoms with Gasteiger partial charge in [0.2, 0.25) is 5.91 Å². The first-order valence-corrected chi connectivity index (χ1v) is 11.3. The number of nitrogens with zero attached hydrogens (tertiary/aromatic N) is 3. The fraction of sp³-hybridized carbons (Fsp3) is 0.250.